The first-order valence-corrected chi connectivity index (χ1v) is 9.96. The lowest BCUT2D eigenvalue weighted by Gasteiger charge is -2.28. The molecule has 0 amide bonds. The van der Waals surface area contributed by atoms with Crippen LogP contribution in [0.25, 0.3) is 0 Å². The molecule has 0 spiro atoms. The molecule has 2 fully saturated rings. The molecule has 0 aromatic carbocycles. The Morgan fingerprint density at radius 2 is 2.12 bits per heavy atom. The predicted molar refractivity (Wildman–Crippen MR) is 99.4 cm³/mol. The van der Waals surface area contributed by atoms with Crippen molar-refractivity contribution >= 4 is 5.97 Å². The van der Waals surface area contributed by atoms with Gasteiger partial charge in [0.15, 0.2) is 0 Å². The zero-order valence-corrected chi connectivity index (χ0v) is 15.5. The summed E-state index contributed by atoms with van der Waals surface area (Å²) >= 11 is 0. The number of carboxylic acids is 1. The Labute approximate surface area is 152 Å². The third-order valence-corrected chi connectivity index (χ3v) is 5.58. The van der Waals surface area contributed by atoms with E-state index in [-0.39, 0.29) is 12.5 Å². The molecule has 142 valence electrons. The summed E-state index contributed by atoms with van der Waals surface area (Å²) in [6, 6.07) is 0. The van der Waals surface area contributed by atoms with Gasteiger partial charge in [-0.1, -0.05) is 50.5 Å². The molecule has 0 aromatic heterocycles. The maximum Gasteiger partial charge on any atom is 0.303 e. The number of ether oxygens (including phenoxy) is 1. The summed E-state index contributed by atoms with van der Waals surface area (Å²) < 4.78 is 5.87. The normalized spacial score (nSPS) is 29.8. The summed E-state index contributed by atoms with van der Waals surface area (Å²) in [7, 11) is 0. The maximum atomic E-state index is 10.5. The van der Waals surface area contributed by atoms with Gasteiger partial charge in [0.2, 0.25) is 0 Å². The number of aliphatic carboxylic acids is 1. The number of fused-ring (bicyclic) bond motifs is 2. The molecule has 1 saturated heterocycles. The van der Waals surface area contributed by atoms with Gasteiger partial charge in [0.25, 0.3) is 0 Å². The van der Waals surface area contributed by atoms with Crippen molar-refractivity contribution in [1.82, 2.24) is 0 Å². The van der Waals surface area contributed by atoms with Crippen molar-refractivity contribution in [3.8, 4) is 0 Å². The van der Waals surface area contributed by atoms with E-state index in [9.17, 15) is 9.90 Å². The highest BCUT2D eigenvalue weighted by molar-refractivity contribution is 5.66. The van der Waals surface area contributed by atoms with Crippen molar-refractivity contribution in [2.45, 2.75) is 76.9 Å². The zero-order valence-electron chi connectivity index (χ0n) is 15.5. The van der Waals surface area contributed by atoms with Gasteiger partial charge >= 0.3 is 5.97 Å². The van der Waals surface area contributed by atoms with Crippen LogP contribution >= 0.6 is 0 Å². The number of rotatable bonds is 12. The van der Waals surface area contributed by atoms with E-state index in [1.165, 1.54) is 12.8 Å². The first-order chi connectivity index (χ1) is 12.1. The van der Waals surface area contributed by atoms with Crippen molar-refractivity contribution in [2.24, 2.45) is 17.8 Å². The number of carbonyl (C=O) groups is 1. The van der Waals surface area contributed by atoms with Crippen LogP contribution in [0.4, 0.5) is 0 Å². The third-order valence-electron chi connectivity index (χ3n) is 5.58. The van der Waals surface area contributed by atoms with Crippen LogP contribution in [0.2, 0.25) is 0 Å². The van der Waals surface area contributed by atoms with Gasteiger partial charge in [-0.15, -0.1) is 0 Å². The van der Waals surface area contributed by atoms with Gasteiger partial charge in [0, 0.05) is 12.3 Å². The minimum atomic E-state index is -0.721. The molecule has 1 heterocycles. The Morgan fingerprint density at radius 3 is 2.88 bits per heavy atom. The van der Waals surface area contributed by atoms with Gasteiger partial charge < -0.3 is 14.9 Å². The molecular weight excluding hydrogens is 316 g/mol. The zero-order chi connectivity index (χ0) is 18.1. The van der Waals surface area contributed by atoms with E-state index in [0.29, 0.717) is 30.3 Å². The maximum absolute atomic E-state index is 10.5. The number of allylic oxidation sites excluding steroid dienone is 2. The second-order valence-corrected chi connectivity index (χ2v) is 7.55. The number of aliphatic hydroxyl groups excluding tert-OH is 1. The highest BCUT2D eigenvalue weighted by atomic mass is 16.5. The van der Waals surface area contributed by atoms with Crippen molar-refractivity contribution in [3.63, 3.8) is 0 Å². The van der Waals surface area contributed by atoms with Crippen LogP contribution in [0.15, 0.2) is 24.3 Å². The van der Waals surface area contributed by atoms with Crippen LogP contribution < -0.4 is 0 Å². The highest BCUT2D eigenvalue weighted by Gasteiger charge is 2.46. The van der Waals surface area contributed by atoms with E-state index in [1.807, 2.05) is 6.08 Å². The van der Waals surface area contributed by atoms with Crippen LogP contribution in [0, 0.1) is 17.8 Å². The standard InChI is InChI=1S/C21H34O4/c1-2-3-6-9-17(22)12-13-19-18(16-14-20(19)25-15-16)10-7-4-5-8-11-21(23)24/h4,7,12-13,16-20,22H,2-3,5-6,8-11,14-15H2,1H3,(H,23,24)/b7-4+,13-12+/t16?,17-,18-,19+,20?/m0/s1. The van der Waals surface area contributed by atoms with Crippen LogP contribution in [-0.2, 0) is 9.53 Å². The molecule has 4 heteroatoms. The fourth-order valence-electron chi connectivity index (χ4n) is 4.15. The van der Waals surface area contributed by atoms with Gasteiger partial charge in [-0.2, -0.15) is 0 Å². The summed E-state index contributed by atoms with van der Waals surface area (Å²) in [5.74, 6) is 0.902. The van der Waals surface area contributed by atoms with Crippen LogP contribution in [-0.4, -0.2) is 35.0 Å². The molecule has 2 aliphatic rings. The first-order valence-electron chi connectivity index (χ1n) is 9.96. The van der Waals surface area contributed by atoms with E-state index in [0.717, 1.165) is 38.7 Å². The summed E-state index contributed by atoms with van der Waals surface area (Å²) in [5, 5.41) is 18.8. The van der Waals surface area contributed by atoms with Crippen molar-refractivity contribution in [2.75, 3.05) is 6.61 Å². The molecule has 2 unspecified atom stereocenters. The Hall–Kier alpha value is -1.13. The number of carboxylic acid groups (broad SMARTS) is 1. The molecule has 25 heavy (non-hydrogen) atoms. The highest BCUT2D eigenvalue weighted by Crippen LogP contribution is 2.47. The number of unbranched alkanes of at least 4 members (excludes halogenated alkanes) is 3. The lowest BCUT2D eigenvalue weighted by atomic mass is 9.84. The van der Waals surface area contributed by atoms with E-state index in [4.69, 9.17) is 9.84 Å². The van der Waals surface area contributed by atoms with E-state index in [2.05, 4.69) is 25.2 Å². The Morgan fingerprint density at radius 1 is 1.28 bits per heavy atom. The van der Waals surface area contributed by atoms with Crippen molar-refractivity contribution in [3.05, 3.63) is 24.3 Å². The Balaban J connectivity index is 1.78. The fourth-order valence-corrected chi connectivity index (χ4v) is 4.15. The third kappa shape index (κ3) is 6.59. The monoisotopic (exact) mass is 350 g/mol. The fraction of sp³-hybridized carbons (Fsp3) is 0.762. The molecule has 0 aromatic rings. The SMILES string of the molecule is CCCCC[C@H](O)/C=C/[C@H]1C2CC(CO2)[C@@H]1C/C=C/CCCC(=O)O. The molecule has 1 aliphatic carbocycles. The molecule has 5 atom stereocenters. The van der Waals surface area contributed by atoms with Crippen molar-refractivity contribution < 1.29 is 19.7 Å². The van der Waals surface area contributed by atoms with E-state index >= 15 is 0 Å². The van der Waals surface area contributed by atoms with Crippen LogP contribution in [0.5, 0.6) is 0 Å². The molecule has 4 nitrogen and oxygen atoms in total. The van der Waals surface area contributed by atoms with Gasteiger partial charge in [0.05, 0.1) is 18.8 Å². The smallest absolute Gasteiger partial charge is 0.303 e. The van der Waals surface area contributed by atoms with Crippen LogP contribution in [0.3, 0.4) is 0 Å². The van der Waals surface area contributed by atoms with Gasteiger partial charge in [0.1, 0.15) is 0 Å². The average molecular weight is 350 g/mol. The molecule has 2 bridgehead atoms. The van der Waals surface area contributed by atoms with Crippen LogP contribution in [0.1, 0.15) is 64.7 Å². The van der Waals surface area contributed by atoms with Gasteiger partial charge in [-0.25, -0.2) is 0 Å². The minimum absolute atomic E-state index is 0.244. The predicted octanol–water partition coefficient (Wildman–Crippen LogP) is 4.34. The number of aliphatic hydroxyl groups is 1. The van der Waals surface area contributed by atoms with Gasteiger partial charge in [-0.05, 0) is 43.9 Å². The summed E-state index contributed by atoms with van der Waals surface area (Å²) in [6.45, 7) is 3.04. The van der Waals surface area contributed by atoms with Gasteiger partial charge in [-0.3, -0.25) is 4.79 Å². The second kappa shape index (κ2) is 10.8. The van der Waals surface area contributed by atoms with E-state index in [1.54, 1.807) is 0 Å². The molecular formula is C21H34O4. The topological polar surface area (TPSA) is 66.8 Å². The lowest BCUT2D eigenvalue weighted by molar-refractivity contribution is -0.137. The molecule has 2 N–H and O–H groups in total. The Kier molecular flexibility index (Phi) is 8.70. The Bertz CT molecular complexity index is 457. The summed E-state index contributed by atoms with van der Waals surface area (Å²) in [5.41, 5.74) is 0. The largest absolute Gasteiger partial charge is 0.481 e. The molecule has 0 radical (unpaired) electrons. The quantitative estimate of drug-likeness (QED) is 0.406. The number of hydrogen-bond donors (Lipinski definition) is 2. The first kappa shape index (κ1) is 20.2. The average Bonchev–Trinajstić information content (AvgIpc) is 3.17. The summed E-state index contributed by atoms with van der Waals surface area (Å²) in [6.07, 6.45) is 16.7. The van der Waals surface area contributed by atoms with Crippen molar-refractivity contribution in [1.29, 1.82) is 0 Å². The number of hydrogen-bond acceptors (Lipinski definition) is 3. The summed E-state index contributed by atoms with van der Waals surface area (Å²) in [4.78, 5) is 10.5. The molecule has 1 aliphatic heterocycles. The minimum Gasteiger partial charge on any atom is -0.481 e. The second-order valence-electron chi connectivity index (χ2n) is 7.55. The molecule has 2 rings (SSSR count). The molecule has 1 saturated carbocycles. The lowest BCUT2D eigenvalue weighted by Crippen LogP contribution is -2.27. The van der Waals surface area contributed by atoms with E-state index < -0.39 is 5.97 Å².